The van der Waals surface area contributed by atoms with Crippen LogP contribution in [0.2, 0.25) is 5.02 Å². The van der Waals surface area contributed by atoms with Crippen LogP contribution in [0.4, 0.5) is 5.69 Å². The number of nitrogens with one attached hydrogen (secondary N) is 1. The van der Waals surface area contributed by atoms with E-state index >= 15 is 0 Å². The van der Waals surface area contributed by atoms with Crippen LogP contribution in [0, 0.1) is 0 Å². The first-order chi connectivity index (χ1) is 11.4. The predicted octanol–water partition coefficient (Wildman–Crippen LogP) is 1.53. The van der Waals surface area contributed by atoms with Crippen LogP contribution < -0.4 is 20.3 Å². The first-order valence-electron chi connectivity index (χ1n) is 6.80. The summed E-state index contributed by atoms with van der Waals surface area (Å²) in [5, 5.41) is 0.404. The van der Waals surface area contributed by atoms with Crippen LogP contribution in [0.25, 0.3) is 0 Å². The zero-order valence-corrected chi connectivity index (χ0v) is 14.3. The summed E-state index contributed by atoms with van der Waals surface area (Å²) in [4.78, 5) is 11.7. The number of hydrogen-bond donors (Lipinski definition) is 2. The van der Waals surface area contributed by atoms with Crippen molar-refractivity contribution in [1.29, 1.82) is 0 Å². The summed E-state index contributed by atoms with van der Waals surface area (Å²) in [6, 6.07) is 12.0. The SMILES string of the molecule is COc1cccc(N(CC(=O)NN)S(=O)(=O)c2ccc(Cl)cc2)c1. The van der Waals surface area contributed by atoms with E-state index < -0.39 is 22.5 Å². The molecule has 0 saturated carbocycles. The van der Waals surface area contributed by atoms with Crippen molar-refractivity contribution in [3.63, 3.8) is 0 Å². The van der Waals surface area contributed by atoms with Gasteiger partial charge in [0.2, 0.25) is 0 Å². The van der Waals surface area contributed by atoms with E-state index in [0.29, 0.717) is 10.8 Å². The van der Waals surface area contributed by atoms with E-state index in [1.165, 1.54) is 37.4 Å². The molecule has 7 nitrogen and oxygen atoms in total. The van der Waals surface area contributed by atoms with Gasteiger partial charge in [-0.15, -0.1) is 0 Å². The Morgan fingerprint density at radius 1 is 1.25 bits per heavy atom. The Morgan fingerprint density at radius 3 is 2.50 bits per heavy atom. The number of halogens is 1. The zero-order chi connectivity index (χ0) is 17.7. The molecule has 9 heteroatoms. The highest BCUT2D eigenvalue weighted by Gasteiger charge is 2.27. The van der Waals surface area contributed by atoms with E-state index in [0.717, 1.165) is 4.31 Å². The second kappa shape index (κ2) is 7.52. The Labute approximate surface area is 145 Å². The molecule has 0 fully saturated rings. The lowest BCUT2D eigenvalue weighted by Gasteiger charge is -2.24. The normalized spacial score (nSPS) is 11.0. The summed E-state index contributed by atoms with van der Waals surface area (Å²) < 4.78 is 31.9. The summed E-state index contributed by atoms with van der Waals surface area (Å²) in [5.41, 5.74) is 2.20. The summed E-state index contributed by atoms with van der Waals surface area (Å²) in [7, 11) is -2.54. The molecule has 128 valence electrons. The van der Waals surface area contributed by atoms with Gasteiger partial charge < -0.3 is 4.74 Å². The van der Waals surface area contributed by atoms with Crippen molar-refractivity contribution in [3.8, 4) is 5.75 Å². The first-order valence-corrected chi connectivity index (χ1v) is 8.62. The van der Waals surface area contributed by atoms with Crippen molar-refractivity contribution in [1.82, 2.24) is 5.43 Å². The van der Waals surface area contributed by atoms with Gasteiger partial charge in [-0.05, 0) is 36.4 Å². The minimum Gasteiger partial charge on any atom is -0.497 e. The molecule has 0 aliphatic carbocycles. The van der Waals surface area contributed by atoms with Gasteiger partial charge >= 0.3 is 0 Å². The molecule has 2 aromatic rings. The maximum Gasteiger partial charge on any atom is 0.264 e. The molecule has 3 N–H and O–H groups in total. The van der Waals surface area contributed by atoms with E-state index in [1.54, 1.807) is 18.2 Å². The van der Waals surface area contributed by atoms with Gasteiger partial charge in [-0.2, -0.15) is 0 Å². The Morgan fingerprint density at radius 2 is 1.92 bits per heavy atom. The molecule has 0 atom stereocenters. The number of anilines is 1. The molecule has 2 aromatic carbocycles. The van der Waals surface area contributed by atoms with Gasteiger partial charge in [0.25, 0.3) is 15.9 Å². The van der Waals surface area contributed by atoms with Crippen LogP contribution in [0.5, 0.6) is 5.75 Å². The van der Waals surface area contributed by atoms with Crippen molar-refractivity contribution >= 4 is 33.2 Å². The van der Waals surface area contributed by atoms with Gasteiger partial charge in [-0.25, -0.2) is 14.3 Å². The monoisotopic (exact) mass is 369 g/mol. The van der Waals surface area contributed by atoms with E-state index in [1.807, 2.05) is 5.43 Å². The molecule has 2 rings (SSSR count). The highest BCUT2D eigenvalue weighted by molar-refractivity contribution is 7.92. The van der Waals surface area contributed by atoms with Crippen LogP contribution in [0.1, 0.15) is 0 Å². The molecule has 0 aliphatic rings. The molecule has 24 heavy (non-hydrogen) atoms. The van der Waals surface area contributed by atoms with Gasteiger partial charge in [0, 0.05) is 11.1 Å². The van der Waals surface area contributed by atoms with Crippen molar-refractivity contribution in [2.45, 2.75) is 4.90 Å². The molecule has 0 aromatic heterocycles. The number of rotatable bonds is 6. The van der Waals surface area contributed by atoms with Crippen LogP contribution in [0.15, 0.2) is 53.4 Å². The standard InChI is InChI=1S/C15H16ClN3O4S/c1-23-13-4-2-3-12(9-13)19(10-15(20)18-17)24(21,22)14-7-5-11(16)6-8-14/h2-9H,10,17H2,1H3,(H,18,20). The largest absolute Gasteiger partial charge is 0.497 e. The average molecular weight is 370 g/mol. The number of nitrogens with zero attached hydrogens (tertiary/aromatic N) is 1. The third kappa shape index (κ3) is 3.97. The van der Waals surface area contributed by atoms with Gasteiger partial charge in [0.1, 0.15) is 12.3 Å². The van der Waals surface area contributed by atoms with Gasteiger partial charge in [0.05, 0.1) is 17.7 Å². The quantitative estimate of drug-likeness (QED) is 0.457. The highest BCUT2D eigenvalue weighted by Crippen LogP contribution is 2.27. The van der Waals surface area contributed by atoms with Gasteiger partial charge in [0.15, 0.2) is 0 Å². The molecule has 0 spiro atoms. The highest BCUT2D eigenvalue weighted by atomic mass is 35.5. The predicted molar refractivity (Wildman–Crippen MR) is 91.3 cm³/mol. The number of methoxy groups -OCH3 is 1. The van der Waals surface area contributed by atoms with E-state index in [4.69, 9.17) is 22.2 Å². The molecule has 0 unspecified atom stereocenters. The molecule has 1 amide bonds. The molecule has 0 aliphatic heterocycles. The number of ether oxygens (including phenoxy) is 1. The van der Waals surface area contributed by atoms with Crippen LogP contribution in [0.3, 0.4) is 0 Å². The smallest absolute Gasteiger partial charge is 0.264 e. The van der Waals surface area contributed by atoms with Crippen LogP contribution in [-0.2, 0) is 14.8 Å². The number of carbonyl (C=O) groups excluding carboxylic acids is 1. The lowest BCUT2D eigenvalue weighted by atomic mass is 10.3. The van der Waals surface area contributed by atoms with Crippen molar-refractivity contribution in [2.24, 2.45) is 5.84 Å². The number of sulfonamides is 1. The summed E-state index contributed by atoms with van der Waals surface area (Å²) in [6.07, 6.45) is 0. The molecule has 0 radical (unpaired) electrons. The molecular weight excluding hydrogens is 354 g/mol. The summed E-state index contributed by atoms with van der Waals surface area (Å²) >= 11 is 5.80. The number of benzene rings is 2. The Hall–Kier alpha value is -2.29. The molecule has 0 heterocycles. The van der Waals surface area contributed by atoms with E-state index in [-0.39, 0.29) is 10.6 Å². The van der Waals surface area contributed by atoms with Gasteiger partial charge in [-0.1, -0.05) is 17.7 Å². The molecule has 0 bridgehead atoms. The summed E-state index contributed by atoms with van der Waals surface area (Å²) in [6.45, 7) is -0.478. The number of hydrogen-bond acceptors (Lipinski definition) is 5. The molecule has 0 saturated heterocycles. The second-order valence-electron chi connectivity index (χ2n) is 4.73. The number of carbonyl (C=O) groups is 1. The minimum atomic E-state index is -4.00. The molecular formula is C15H16ClN3O4S. The first kappa shape index (κ1) is 18.1. The topological polar surface area (TPSA) is 102 Å². The average Bonchev–Trinajstić information content (AvgIpc) is 2.59. The Kier molecular flexibility index (Phi) is 5.66. The second-order valence-corrected chi connectivity index (χ2v) is 7.03. The maximum atomic E-state index is 12.9. The number of amides is 1. The van der Waals surface area contributed by atoms with E-state index in [2.05, 4.69) is 0 Å². The van der Waals surface area contributed by atoms with Gasteiger partial charge in [-0.3, -0.25) is 14.5 Å². The lowest BCUT2D eigenvalue weighted by molar-refractivity contribution is -0.119. The van der Waals surface area contributed by atoms with Crippen LogP contribution >= 0.6 is 11.6 Å². The fraction of sp³-hybridized carbons (Fsp3) is 0.133. The third-order valence-corrected chi connectivity index (χ3v) is 5.23. The van der Waals surface area contributed by atoms with E-state index in [9.17, 15) is 13.2 Å². The minimum absolute atomic E-state index is 0.000425. The van der Waals surface area contributed by atoms with Crippen LogP contribution in [-0.4, -0.2) is 28.0 Å². The number of nitrogens with two attached hydrogens (primary N) is 1. The lowest BCUT2D eigenvalue weighted by Crippen LogP contribution is -2.43. The van der Waals surface area contributed by atoms with Crippen molar-refractivity contribution in [2.75, 3.05) is 18.0 Å². The summed E-state index contributed by atoms with van der Waals surface area (Å²) in [5.74, 6) is 4.89. The fourth-order valence-corrected chi connectivity index (χ4v) is 3.53. The maximum absolute atomic E-state index is 12.9. The van der Waals surface area contributed by atoms with Crippen molar-refractivity contribution in [3.05, 3.63) is 53.6 Å². The Bertz CT molecular complexity index is 825. The Balaban J connectivity index is 2.52. The van der Waals surface area contributed by atoms with Crippen molar-refractivity contribution < 1.29 is 17.9 Å². The number of hydrazine groups is 1. The zero-order valence-electron chi connectivity index (χ0n) is 12.8. The third-order valence-electron chi connectivity index (χ3n) is 3.19. The fourth-order valence-electron chi connectivity index (χ4n) is 1.99.